The van der Waals surface area contributed by atoms with Crippen LogP contribution in [0, 0.1) is 0 Å². The van der Waals surface area contributed by atoms with Crippen LogP contribution in [-0.4, -0.2) is 17.1 Å². The van der Waals surface area contributed by atoms with Gasteiger partial charge in [-0.05, 0) is 11.1 Å². The predicted molar refractivity (Wildman–Crippen MR) is 66.2 cm³/mol. The quantitative estimate of drug-likeness (QED) is 0.802. The molecule has 0 amide bonds. The van der Waals surface area contributed by atoms with E-state index in [1.165, 1.54) is 24.3 Å². The number of benzene rings is 2. The lowest BCUT2D eigenvalue weighted by atomic mass is 9.74. The van der Waals surface area contributed by atoms with Gasteiger partial charge in [0.15, 0.2) is 0 Å². The Balaban J connectivity index is 2.41. The lowest BCUT2D eigenvalue weighted by molar-refractivity contribution is -0.242. The van der Waals surface area contributed by atoms with E-state index in [-0.39, 0.29) is 11.1 Å². The molecule has 3 rings (SSSR count). The van der Waals surface area contributed by atoms with Crippen LogP contribution in [0.3, 0.4) is 0 Å². The van der Waals surface area contributed by atoms with Gasteiger partial charge < -0.3 is 5.11 Å². The second kappa shape index (κ2) is 3.93. The molecule has 1 unspecified atom stereocenters. The Kier molecular flexibility index (Phi) is 2.53. The molecule has 0 spiro atoms. The maximum absolute atomic E-state index is 13.3. The van der Waals surface area contributed by atoms with E-state index in [1.54, 1.807) is 18.2 Å². The van der Waals surface area contributed by atoms with Crippen molar-refractivity contribution in [2.24, 2.45) is 0 Å². The zero-order valence-electron chi connectivity index (χ0n) is 10.1. The summed E-state index contributed by atoms with van der Waals surface area (Å²) in [6, 6.07) is 11.5. The third-order valence-electron chi connectivity index (χ3n) is 3.52. The Hall–Kier alpha value is -2.14. The van der Waals surface area contributed by atoms with Crippen LogP contribution in [-0.2, 0) is 5.60 Å². The van der Waals surface area contributed by atoms with Gasteiger partial charge in [-0.25, -0.2) is 0 Å². The second-order valence-corrected chi connectivity index (χ2v) is 4.63. The van der Waals surface area contributed by atoms with Crippen molar-refractivity contribution in [3.8, 4) is 11.1 Å². The van der Waals surface area contributed by atoms with E-state index in [9.17, 15) is 23.1 Å². The van der Waals surface area contributed by atoms with E-state index in [4.69, 9.17) is 0 Å². The standard InChI is InChI=1S/C15H9F3O2/c16-15(17,18)14(20)12-8-4-3-6-10(12)9-5-1-2-7-11(9)13(14)19/h1-8,20H. The number of rotatable bonds is 0. The molecule has 0 aromatic heterocycles. The fourth-order valence-corrected chi connectivity index (χ4v) is 2.55. The summed E-state index contributed by atoms with van der Waals surface area (Å²) >= 11 is 0. The lowest BCUT2D eigenvalue weighted by Gasteiger charge is -2.35. The zero-order valence-corrected chi connectivity index (χ0v) is 10.1. The number of alkyl halides is 3. The Morgan fingerprint density at radius 3 is 1.95 bits per heavy atom. The van der Waals surface area contributed by atoms with Crippen molar-refractivity contribution in [1.29, 1.82) is 0 Å². The van der Waals surface area contributed by atoms with Crippen LogP contribution >= 0.6 is 0 Å². The summed E-state index contributed by atoms with van der Waals surface area (Å²) in [5, 5.41) is 10.1. The van der Waals surface area contributed by atoms with Crippen LogP contribution in [0.15, 0.2) is 48.5 Å². The summed E-state index contributed by atoms with van der Waals surface area (Å²) in [5.41, 5.74) is -3.40. The van der Waals surface area contributed by atoms with E-state index in [2.05, 4.69) is 0 Å². The van der Waals surface area contributed by atoms with E-state index >= 15 is 0 Å². The first-order valence-electron chi connectivity index (χ1n) is 5.90. The molecule has 2 aromatic rings. The molecular formula is C15H9F3O2. The lowest BCUT2D eigenvalue weighted by Crippen LogP contribution is -2.51. The number of hydrogen-bond acceptors (Lipinski definition) is 2. The molecule has 0 fully saturated rings. The van der Waals surface area contributed by atoms with Gasteiger partial charge in [0.25, 0.3) is 0 Å². The van der Waals surface area contributed by atoms with Gasteiger partial charge >= 0.3 is 6.18 Å². The second-order valence-electron chi connectivity index (χ2n) is 4.63. The molecule has 0 heterocycles. The number of ketones is 1. The zero-order chi connectivity index (χ0) is 14.5. The van der Waals surface area contributed by atoms with Crippen molar-refractivity contribution in [2.75, 3.05) is 0 Å². The highest BCUT2D eigenvalue weighted by molar-refractivity contribution is 6.12. The summed E-state index contributed by atoms with van der Waals surface area (Å²) in [4.78, 5) is 12.2. The summed E-state index contributed by atoms with van der Waals surface area (Å²) < 4.78 is 39.8. The summed E-state index contributed by atoms with van der Waals surface area (Å²) in [5.74, 6) is -1.33. The molecule has 102 valence electrons. The Morgan fingerprint density at radius 2 is 1.35 bits per heavy atom. The number of aliphatic hydroxyl groups is 1. The van der Waals surface area contributed by atoms with Crippen molar-refractivity contribution in [2.45, 2.75) is 11.8 Å². The monoisotopic (exact) mass is 278 g/mol. The number of carbonyl (C=O) groups is 1. The highest BCUT2D eigenvalue weighted by atomic mass is 19.4. The number of Topliss-reactive ketones (excluding diaryl/α,β-unsaturated/α-hetero) is 1. The van der Waals surface area contributed by atoms with Crippen LogP contribution in [0.1, 0.15) is 15.9 Å². The fourth-order valence-electron chi connectivity index (χ4n) is 2.55. The summed E-state index contributed by atoms with van der Waals surface area (Å²) in [6.07, 6.45) is -5.08. The normalized spacial score (nSPS) is 21.3. The first kappa shape index (κ1) is 12.9. The average Bonchev–Trinajstić information content (AvgIpc) is 2.43. The van der Waals surface area contributed by atoms with Crippen molar-refractivity contribution >= 4 is 5.78 Å². The van der Waals surface area contributed by atoms with Crippen LogP contribution in [0.2, 0.25) is 0 Å². The van der Waals surface area contributed by atoms with Crippen LogP contribution in [0.4, 0.5) is 13.2 Å². The van der Waals surface area contributed by atoms with Gasteiger partial charge in [0.1, 0.15) is 0 Å². The van der Waals surface area contributed by atoms with Crippen molar-refractivity contribution in [3.05, 3.63) is 59.7 Å². The minimum Gasteiger partial charge on any atom is -0.370 e. The number of fused-ring (bicyclic) bond motifs is 3. The first-order valence-corrected chi connectivity index (χ1v) is 5.90. The van der Waals surface area contributed by atoms with Gasteiger partial charge in [-0.2, -0.15) is 13.2 Å². The molecule has 0 saturated carbocycles. The molecule has 2 nitrogen and oxygen atoms in total. The highest BCUT2D eigenvalue weighted by Crippen LogP contribution is 2.49. The fraction of sp³-hybridized carbons (Fsp3) is 0.133. The van der Waals surface area contributed by atoms with Crippen molar-refractivity contribution in [3.63, 3.8) is 0 Å². The summed E-state index contributed by atoms with van der Waals surface area (Å²) in [6.45, 7) is 0. The van der Waals surface area contributed by atoms with Crippen molar-refractivity contribution < 1.29 is 23.1 Å². The van der Waals surface area contributed by atoms with Gasteiger partial charge in [-0.15, -0.1) is 0 Å². The van der Waals surface area contributed by atoms with Gasteiger partial charge in [0.05, 0.1) is 0 Å². The number of carbonyl (C=O) groups excluding carboxylic acids is 1. The smallest absolute Gasteiger partial charge is 0.370 e. The molecule has 0 bridgehead atoms. The Morgan fingerprint density at radius 1 is 0.850 bits per heavy atom. The molecule has 0 saturated heterocycles. The van der Waals surface area contributed by atoms with Crippen LogP contribution in [0.25, 0.3) is 11.1 Å². The van der Waals surface area contributed by atoms with E-state index in [1.807, 2.05) is 0 Å². The van der Waals surface area contributed by atoms with E-state index in [0.29, 0.717) is 5.56 Å². The molecule has 5 heteroatoms. The van der Waals surface area contributed by atoms with Gasteiger partial charge in [0.2, 0.25) is 11.4 Å². The van der Waals surface area contributed by atoms with Gasteiger partial charge in [-0.3, -0.25) is 4.79 Å². The maximum Gasteiger partial charge on any atom is 0.429 e. The molecule has 1 atom stereocenters. The van der Waals surface area contributed by atoms with E-state index in [0.717, 1.165) is 6.07 Å². The maximum atomic E-state index is 13.3. The van der Waals surface area contributed by atoms with Crippen LogP contribution in [0.5, 0.6) is 0 Å². The van der Waals surface area contributed by atoms with Gasteiger partial charge in [0, 0.05) is 11.1 Å². The molecule has 1 aliphatic carbocycles. The minimum absolute atomic E-state index is 0.119. The summed E-state index contributed by atoms with van der Waals surface area (Å²) in [7, 11) is 0. The minimum atomic E-state index is -5.08. The molecule has 2 aromatic carbocycles. The van der Waals surface area contributed by atoms with E-state index < -0.39 is 23.1 Å². The van der Waals surface area contributed by atoms with Gasteiger partial charge in [-0.1, -0.05) is 48.5 Å². The number of hydrogen-bond donors (Lipinski definition) is 1. The van der Waals surface area contributed by atoms with Crippen LogP contribution < -0.4 is 0 Å². The molecule has 1 aliphatic rings. The SMILES string of the molecule is O=C1c2ccccc2-c2ccccc2C1(O)C(F)(F)F. The molecule has 0 aliphatic heterocycles. The third kappa shape index (κ3) is 1.47. The molecule has 0 radical (unpaired) electrons. The molecular weight excluding hydrogens is 269 g/mol. The third-order valence-corrected chi connectivity index (χ3v) is 3.52. The first-order chi connectivity index (χ1) is 9.37. The highest BCUT2D eigenvalue weighted by Gasteiger charge is 2.63. The predicted octanol–water partition coefficient (Wildman–Crippen LogP) is 3.30. The Bertz CT molecular complexity index is 706. The molecule has 20 heavy (non-hydrogen) atoms. The van der Waals surface area contributed by atoms with Crippen molar-refractivity contribution in [1.82, 2.24) is 0 Å². The molecule has 1 N–H and O–H groups in total. The number of halogens is 3. The average molecular weight is 278 g/mol. The largest absolute Gasteiger partial charge is 0.429 e. The topological polar surface area (TPSA) is 37.3 Å². The Labute approximate surface area is 112 Å².